The molecule has 3 aliphatic rings. The van der Waals surface area contributed by atoms with Gasteiger partial charge in [-0.2, -0.15) is 0 Å². The van der Waals surface area contributed by atoms with Gasteiger partial charge in [-0.25, -0.2) is 4.79 Å². The summed E-state index contributed by atoms with van der Waals surface area (Å²) < 4.78 is 5.76. The van der Waals surface area contributed by atoms with Crippen molar-refractivity contribution >= 4 is 41.0 Å². The highest BCUT2D eigenvalue weighted by molar-refractivity contribution is 6.08. The average molecular weight is 498 g/mol. The van der Waals surface area contributed by atoms with Crippen molar-refractivity contribution in [1.29, 1.82) is 0 Å². The molecule has 2 heterocycles. The number of hydrogen-bond donors (Lipinski definition) is 4. The molecule has 0 aromatic heterocycles. The molecule has 2 aliphatic heterocycles. The van der Waals surface area contributed by atoms with Gasteiger partial charge in [-0.1, -0.05) is 18.2 Å². The number of hydrogen-bond acceptors (Lipinski definition) is 6. The minimum Gasteiger partial charge on any atom is -0.478 e. The summed E-state index contributed by atoms with van der Waals surface area (Å²) >= 11 is 0. The Labute approximate surface area is 211 Å². The minimum atomic E-state index is -1.04. The van der Waals surface area contributed by atoms with E-state index in [0.717, 1.165) is 11.1 Å². The van der Waals surface area contributed by atoms with Gasteiger partial charge >= 0.3 is 6.03 Å². The second-order valence-corrected chi connectivity index (χ2v) is 9.03. The molecule has 2 aromatic carbocycles. The molecule has 1 saturated heterocycles. The maximum absolute atomic E-state index is 13.1. The zero-order valence-electron chi connectivity index (χ0n) is 19.6. The predicted molar refractivity (Wildman–Crippen MR) is 135 cm³/mol. The van der Waals surface area contributed by atoms with Crippen molar-refractivity contribution in [1.82, 2.24) is 16.0 Å². The molecule has 0 saturated carbocycles. The summed E-state index contributed by atoms with van der Waals surface area (Å²) in [6, 6.07) is 11.6. The van der Waals surface area contributed by atoms with Crippen LogP contribution in [0.5, 0.6) is 5.75 Å². The van der Waals surface area contributed by atoms with Crippen LogP contribution in [0, 0.1) is 0 Å². The van der Waals surface area contributed by atoms with Gasteiger partial charge in [0, 0.05) is 29.4 Å². The zero-order chi connectivity index (χ0) is 25.4. The number of ether oxygens (including phenoxy) is 1. The second-order valence-electron chi connectivity index (χ2n) is 9.03. The van der Waals surface area contributed by atoms with Crippen molar-refractivity contribution < 1.29 is 33.0 Å². The Kier molecular flexibility index (Phi) is 5.83. The highest BCUT2D eigenvalue weighted by atomic mass is 16.5. The third-order valence-electron chi connectivity index (χ3n) is 6.50. The number of carbonyl (C=O) groups excluding carboxylic acids is 5. The fraction of sp³-hybridized carbons (Fsp3) is 0.320. The Balaban J connectivity index is 0.00000178. The molecular formula is C25H31N5O6. The lowest BCUT2D eigenvalue weighted by Crippen LogP contribution is -2.50. The van der Waals surface area contributed by atoms with E-state index in [4.69, 9.17) is 4.74 Å². The SMILES string of the molecule is CCNC(=O)CC1Oc2ccccc2N(CC(=O)Nc2ccc3c(c2)CC2(C3)NC(=O)NC2=O)C1=O.[HH].[HH].[HH]. The van der Waals surface area contributed by atoms with Gasteiger partial charge in [0.25, 0.3) is 11.8 Å². The molecule has 2 atom stereocenters. The van der Waals surface area contributed by atoms with Gasteiger partial charge in [-0.15, -0.1) is 0 Å². The van der Waals surface area contributed by atoms with Gasteiger partial charge in [-0.3, -0.25) is 29.4 Å². The topological polar surface area (TPSA) is 146 Å². The molecule has 5 rings (SSSR count). The summed E-state index contributed by atoms with van der Waals surface area (Å²) in [7, 11) is 0. The second kappa shape index (κ2) is 8.99. The summed E-state index contributed by atoms with van der Waals surface area (Å²) in [6.07, 6.45) is -0.501. The summed E-state index contributed by atoms with van der Waals surface area (Å²) in [5.74, 6) is -1.17. The normalized spacial score (nSPS) is 21.9. The highest BCUT2D eigenvalue weighted by Crippen LogP contribution is 2.35. The zero-order valence-corrected chi connectivity index (χ0v) is 19.6. The van der Waals surface area contributed by atoms with E-state index in [0.29, 0.717) is 36.5 Å². The van der Waals surface area contributed by atoms with Crippen LogP contribution in [-0.2, 0) is 32.0 Å². The fourth-order valence-electron chi connectivity index (χ4n) is 4.88. The average Bonchev–Trinajstić information content (AvgIpc) is 3.33. The van der Waals surface area contributed by atoms with Crippen molar-refractivity contribution in [2.75, 3.05) is 23.3 Å². The smallest absolute Gasteiger partial charge is 0.322 e. The van der Waals surface area contributed by atoms with E-state index in [-0.39, 0.29) is 29.1 Å². The molecule has 1 aliphatic carbocycles. The number of urea groups is 1. The standard InChI is InChI=1S/C25H25N5O6.3H2/c1-2-26-20(31)10-19-22(33)30(17-5-3-4-6-18(17)36-19)13-21(32)27-16-8-7-14-11-25(12-15(14)9-16)23(34)28-24(35)29-25;;;/h3-9,19H,2,10-13H2,1H3,(H,26,31)(H,27,32)(H2,28,29,34,35);3*1H. The van der Waals surface area contributed by atoms with Gasteiger partial charge in [0.15, 0.2) is 6.10 Å². The number of benzene rings is 2. The fourth-order valence-corrected chi connectivity index (χ4v) is 4.88. The van der Waals surface area contributed by atoms with Crippen LogP contribution in [0.15, 0.2) is 42.5 Å². The molecule has 1 fully saturated rings. The lowest BCUT2D eigenvalue weighted by Gasteiger charge is -2.33. The number of anilines is 2. The van der Waals surface area contributed by atoms with Crippen LogP contribution < -0.4 is 30.9 Å². The molecule has 1 spiro atoms. The Morgan fingerprint density at radius 1 is 1.11 bits per heavy atom. The summed E-state index contributed by atoms with van der Waals surface area (Å²) in [4.78, 5) is 63.4. The number of fused-ring (bicyclic) bond motifs is 2. The molecule has 2 aromatic rings. The molecule has 6 amide bonds. The maximum Gasteiger partial charge on any atom is 0.322 e. The van der Waals surface area contributed by atoms with E-state index >= 15 is 0 Å². The Bertz CT molecular complexity index is 1310. The number of rotatable bonds is 6. The van der Waals surface area contributed by atoms with Crippen LogP contribution in [0.3, 0.4) is 0 Å². The lowest BCUT2D eigenvalue weighted by atomic mass is 9.96. The van der Waals surface area contributed by atoms with Crippen LogP contribution >= 0.6 is 0 Å². The van der Waals surface area contributed by atoms with Crippen molar-refractivity contribution in [2.45, 2.75) is 37.8 Å². The molecule has 0 radical (unpaired) electrons. The van der Waals surface area contributed by atoms with Crippen LogP contribution in [0.4, 0.5) is 16.2 Å². The van der Waals surface area contributed by atoms with Gasteiger partial charge in [0.05, 0.1) is 12.1 Å². The first kappa shape index (κ1) is 23.3. The lowest BCUT2D eigenvalue weighted by molar-refractivity contribution is -0.132. The monoisotopic (exact) mass is 497 g/mol. The first-order valence-electron chi connectivity index (χ1n) is 11.7. The molecule has 192 valence electrons. The third kappa shape index (κ3) is 4.23. The Morgan fingerprint density at radius 2 is 1.89 bits per heavy atom. The Hall–Kier alpha value is -4.41. The van der Waals surface area contributed by atoms with E-state index < -0.39 is 29.5 Å². The van der Waals surface area contributed by atoms with Crippen LogP contribution in [0.25, 0.3) is 0 Å². The van der Waals surface area contributed by atoms with Crippen LogP contribution in [-0.4, -0.2) is 54.4 Å². The summed E-state index contributed by atoms with van der Waals surface area (Å²) in [5.41, 5.74) is 1.72. The van der Waals surface area contributed by atoms with E-state index in [9.17, 15) is 24.0 Å². The van der Waals surface area contributed by atoms with Crippen molar-refractivity contribution in [3.63, 3.8) is 0 Å². The Morgan fingerprint density at radius 3 is 2.64 bits per heavy atom. The highest BCUT2D eigenvalue weighted by Gasteiger charge is 2.50. The van der Waals surface area contributed by atoms with E-state index in [2.05, 4.69) is 21.3 Å². The minimum absolute atomic E-state index is 0. The molecule has 4 N–H and O–H groups in total. The number of carbonyl (C=O) groups is 5. The third-order valence-corrected chi connectivity index (χ3v) is 6.50. The van der Waals surface area contributed by atoms with Crippen LogP contribution in [0.1, 0.15) is 28.8 Å². The molecule has 11 heteroatoms. The van der Waals surface area contributed by atoms with Crippen LogP contribution in [0.2, 0.25) is 0 Å². The predicted octanol–water partition coefficient (Wildman–Crippen LogP) is 1.36. The number of amides is 6. The largest absolute Gasteiger partial charge is 0.478 e. The number of para-hydroxylation sites is 2. The van der Waals surface area contributed by atoms with Crippen molar-refractivity contribution in [3.05, 3.63) is 53.6 Å². The van der Waals surface area contributed by atoms with E-state index in [1.54, 1.807) is 43.3 Å². The number of nitrogens with zero attached hydrogens (tertiary/aromatic N) is 1. The van der Waals surface area contributed by atoms with Crippen molar-refractivity contribution in [3.8, 4) is 5.75 Å². The molecule has 11 nitrogen and oxygen atoms in total. The maximum atomic E-state index is 13.1. The molecule has 36 heavy (non-hydrogen) atoms. The first-order valence-corrected chi connectivity index (χ1v) is 11.7. The van der Waals surface area contributed by atoms with E-state index in [1.165, 1.54) is 4.90 Å². The number of nitrogens with one attached hydrogen (secondary N) is 4. The van der Waals surface area contributed by atoms with Gasteiger partial charge in [0.1, 0.15) is 17.8 Å². The van der Waals surface area contributed by atoms with Gasteiger partial charge < -0.3 is 20.7 Å². The molecular weight excluding hydrogens is 466 g/mol. The summed E-state index contributed by atoms with van der Waals surface area (Å²) in [6.45, 7) is 1.94. The summed E-state index contributed by atoms with van der Waals surface area (Å²) in [5, 5.41) is 10.4. The first-order chi connectivity index (χ1) is 17.3. The quantitative estimate of drug-likeness (QED) is 0.444. The number of imide groups is 1. The molecule has 0 bridgehead atoms. The van der Waals surface area contributed by atoms with Gasteiger partial charge in [0.2, 0.25) is 11.8 Å². The van der Waals surface area contributed by atoms with Crippen molar-refractivity contribution in [2.24, 2.45) is 0 Å². The van der Waals surface area contributed by atoms with E-state index in [1.807, 2.05) is 6.07 Å². The molecule has 2 unspecified atom stereocenters. The van der Waals surface area contributed by atoms with Gasteiger partial charge in [-0.05, 0) is 42.3 Å².